The first-order valence-electron chi connectivity index (χ1n) is 3.34. The minimum Gasteiger partial charge on any atom is -0.372 e. The maximum Gasteiger partial charge on any atom is 0.419 e. The molecule has 0 fully saturated rings. The lowest BCUT2D eigenvalue weighted by molar-refractivity contribution is 0.437. The smallest absolute Gasteiger partial charge is 0.372 e. The van der Waals surface area contributed by atoms with Gasteiger partial charge in [0.2, 0.25) is 0 Å². The lowest BCUT2D eigenvalue weighted by atomic mass is 10.1. The molecule has 0 aliphatic carbocycles. The summed E-state index contributed by atoms with van der Waals surface area (Å²) in [5.41, 5.74) is -0.0617. The third-order valence-corrected chi connectivity index (χ3v) is 1.39. The summed E-state index contributed by atoms with van der Waals surface area (Å²) in [7, 11) is 0. The van der Waals surface area contributed by atoms with Crippen molar-refractivity contribution < 1.29 is 4.42 Å². The zero-order chi connectivity index (χ0) is 8.43. The Kier molecular flexibility index (Phi) is 1.94. The maximum atomic E-state index is 10.9. The predicted octanol–water partition coefficient (Wildman–Crippen LogP) is 0.452. The van der Waals surface area contributed by atoms with Crippen LogP contribution in [0.3, 0.4) is 0 Å². The van der Waals surface area contributed by atoms with Gasteiger partial charge in [0.05, 0.1) is 5.56 Å². The molecule has 0 spiro atoms. The monoisotopic (exact) mass is 155 g/mol. The van der Waals surface area contributed by atoms with E-state index in [0.717, 1.165) is 0 Å². The molecule has 0 aliphatic heterocycles. The molecule has 1 aromatic heterocycles. The van der Waals surface area contributed by atoms with Crippen molar-refractivity contribution in [1.82, 2.24) is 4.98 Å². The Balaban J connectivity index is 3.32. The third-order valence-electron chi connectivity index (χ3n) is 1.39. The highest BCUT2D eigenvalue weighted by Gasteiger charge is 2.05. The fourth-order valence-electron chi connectivity index (χ4n) is 0.771. The molecule has 0 unspecified atom stereocenters. The van der Waals surface area contributed by atoms with Crippen LogP contribution in [-0.4, -0.2) is 4.98 Å². The standard InChI is InChI=1S/C7H9NO3/c1-4(2)5-3-8-7(10)11-6(5)9/h3-4H,1-2H3,(H,8,10). The van der Waals surface area contributed by atoms with Gasteiger partial charge < -0.3 is 4.42 Å². The van der Waals surface area contributed by atoms with Crippen LogP contribution in [0.25, 0.3) is 0 Å². The second-order valence-electron chi connectivity index (χ2n) is 2.58. The van der Waals surface area contributed by atoms with Crippen LogP contribution in [0, 0.1) is 0 Å². The molecule has 1 N–H and O–H groups in total. The Bertz CT molecular complexity index is 347. The highest BCUT2D eigenvalue weighted by molar-refractivity contribution is 5.05. The first kappa shape index (κ1) is 7.78. The van der Waals surface area contributed by atoms with E-state index in [9.17, 15) is 9.59 Å². The van der Waals surface area contributed by atoms with Crippen molar-refractivity contribution in [3.63, 3.8) is 0 Å². The highest BCUT2D eigenvalue weighted by Crippen LogP contribution is 2.05. The summed E-state index contributed by atoms with van der Waals surface area (Å²) in [6, 6.07) is 0. The number of aromatic amines is 1. The fraction of sp³-hybridized carbons (Fsp3) is 0.429. The van der Waals surface area contributed by atoms with E-state index in [4.69, 9.17) is 0 Å². The van der Waals surface area contributed by atoms with Crippen molar-refractivity contribution in [2.24, 2.45) is 0 Å². The molecule has 4 heteroatoms. The molecule has 0 radical (unpaired) electrons. The van der Waals surface area contributed by atoms with Gasteiger partial charge in [0.1, 0.15) is 0 Å². The van der Waals surface area contributed by atoms with Crippen LogP contribution >= 0.6 is 0 Å². The number of rotatable bonds is 1. The first-order valence-corrected chi connectivity index (χ1v) is 3.34. The molecule has 0 amide bonds. The van der Waals surface area contributed by atoms with Crippen molar-refractivity contribution in [3.8, 4) is 0 Å². The minimum absolute atomic E-state index is 0.0723. The molecule has 1 rings (SSSR count). The van der Waals surface area contributed by atoms with E-state index in [1.165, 1.54) is 6.20 Å². The van der Waals surface area contributed by atoms with Crippen LogP contribution in [0.5, 0.6) is 0 Å². The molecule has 11 heavy (non-hydrogen) atoms. The van der Waals surface area contributed by atoms with E-state index in [0.29, 0.717) is 5.56 Å². The summed E-state index contributed by atoms with van der Waals surface area (Å²) >= 11 is 0. The SMILES string of the molecule is CC(C)c1c[nH]c(=O)oc1=O. The summed E-state index contributed by atoms with van der Waals surface area (Å²) in [6.07, 6.45) is 1.39. The van der Waals surface area contributed by atoms with Gasteiger partial charge in [-0.3, -0.25) is 4.98 Å². The largest absolute Gasteiger partial charge is 0.419 e. The first-order chi connectivity index (χ1) is 5.11. The van der Waals surface area contributed by atoms with E-state index in [-0.39, 0.29) is 5.92 Å². The van der Waals surface area contributed by atoms with Crippen molar-refractivity contribution in [3.05, 3.63) is 32.7 Å². The molecule has 0 saturated carbocycles. The Morgan fingerprint density at radius 1 is 1.45 bits per heavy atom. The van der Waals surface area contributed by atoms with Crippen molar-refractivity contribution in [2.75, 3.05) is 0 Å². The molecule has 1 heterocycles. The van der Waals surface area contributed by atoms with Gasteiger partial charge in [0.15, 0.2) is 0 Å². The third kappa shape index (κ3) is 1.58. The molecule has 4 nitrogen and oxygen atoms in total. The van der Waals surface area contributed by atoms with Gasteiger partial charge in [-0.25, -0.2) is 9.59 Å². The molecule has 0 atom stereocenters. The molecule has 0 aromatic carbocycles. The van der Waals surface area contributed by atoms with Crippen LogP contribution in [0.4, 0.5) is 0 Å². The topological polar surface area (TPSA) is 63.1 Å². The zero-order valence-corrected chi connectivity index (χ0v) is 6.38. The van der Waals surface area contributed by atoms with Crippen molar-refractivity contribution >= 4 is 0 Å². The summed E-state index contributed by atoms with van der Waals surface area (Å²) in [4.78, 5) is 23.6. The lowest BCUT2D eigenvalue weighted by Crippen LogP contribution is -2.18. The summed E-state index contributed by atoms with van der Waals surface area (Å²) in [5, 5.41) is 0. The number of aromatic nitrogens is 1. The Labute approximate surface area is 62.9 Å². The van der Waals surface area contributed by atoms with Gasteiger partial charge in [-0.15, -0.1) is 0 Å². The van der Waals surface area contributed by atoms with Gasteiger partial charge in [-0.05, 0) is 5.92 Å². The summed E-state index contributed by atoms with van der Waals surface area (Å²) in [6.45, 7) is 3.70. The molecule has 0 saturated heterocycles. The molecule has 0 aliphatic rings. The Morgan fingerprint density at radius 2 is 2.09 bits per heavy atom. The minimum atomic E-state index is -0.709. The summed E-state index contributed by atoms with van der Waals surface area (Å²) < 4.78 is 4.30. The molecule has 0 bridgehead atoms. The van der Waals surface area contributed by atoms with E-state index in [1.54, 1.807) is 0 Å². The van der Waals surface area contributed by atoms with Gasteiger partial charge in [-0.2, -0.15) is 0 Å². The Morgan fingerprint density at radius 3 is 2.55 bits per heavy atom. The van der Waals surface area contributed by atoms with Gasteiger partial charge >= 0.3 is 11.4 Å². The zero-order valence-electron chi connectivity index (χ0n) is 6.38. The second-order valence-corrected chi connectivity index (χ2v) is 2.58. The Hall–Kier alpha value is -1.32. The number of H-pyrrole nitrogens is 1. The van der Waals surface area contributed by atoms with E-state index in [1.807, 2.05) is 13.8 Å². The van der Waals surface area contributed by atoms with Crippen LogP contribution in [0.1, 0.15) is 25.3 Å². The van der Waals surface area contributed by atoms with Crippen LogP contribution in [-0.2, 0) is 0 Å². The van der Waals surface area contributed by atoms with E-state index < -0.39 is 11.4 Å². The average Bonchev–Trinajstić information content (AvgIpc) is 1.85. The van der Waals surface area contributed by atoms with Crippen LogP contribution in [0.2, 0.25) is 0 Å². The molecule has 60 valence electrons. The van der Waals surface area contributed by atoms with E-state index >= 15 is 0 Å². The number of hydrogen-bond donors (Lipinski definition) is 1. The van der Waals surface area contributed by atoms with Crippen LogP contribution < -0.4 is 11.4 Å². The average molecular weight is 155 g/mol. The molecular formula is C7H9NO3. The van der Waals surface area contributed by atoms with E-state index in [2.05, 4.69) is 9.40 Å². The second kappa shape index (κ2) is 2.74. The van der Waals surface area contributed by atoms with Crippen molar-refractivity contribution in [1.29, 1.82) is 0 Å². The van der Waals surface area contributed by atoms with Crippen LogP contribution in [0.15, 0.2) is 20.2 Å². The van der Waals surface area contributed by atoms with Gasteiger partial charge in [0.25, 0.3) is 0 Å². The lowest BCUT2D eigenvalue weighted by Gasteiger charge is -1.98. The van der Waals surface area contributed by atoms with Gasteiger partial charge in [-0.1, -0.05) is 13.8 Å². The maximum absolute atomic E-state index is 10.9. The summed E-state index contributed by atoms with van der Waals surface area (Å²) in [5.74, 6) is -0.637. The predicted molar refractivity (Wildman–Crippen MR) is 39.7 cm³/mol. The number of nitrogens with one attached hydrogen (secondary N) is 1. The molecule has 1 aromatic rings. The van der Waals surface area contributed by atoms with Gasteiger partial charge in [0, 0.05) is 6.20 Å². The highest BCUT2D eigenvalue weighted by atomic mass is 16.4. The van der Waals surface area contributed by atoms with Crippen molar-refractivity contribution in [2.45, 2.75) is 19.8 Å². The normalized spacial score (nSPS) is 10.5. The number of hydrogen-bond acceptors (Lipinski definition) is 3. The molecular weight excluding hydrogens is 146 g/mol. The quantitative estimate of drug-likeness (QED) is 0.640. The fourth-order valence-corrected chi connectivity index (χ4v) is 0.771.